The van der Waals surface area contributed by atoms with Crippen molar-refractivity contribution < 1.29 is 13.2 Å². The summed E-state index contributed by atoms with van der Waals surface area (Å²) in [7, 11) is -3.44. The lowest BCUT2D eigenvalue weighted by atomic mass is 10.2. The van der Waals surface area contributed by atoms with Crippen LogP contribution in [0.15, 0.2) is 23.1 Å². The molecular weight excluding hydrogens is 284 g/mol. The minimum atomic E-state index is -3.44. The molecule has 0 atom stereocenters. The van der Waals surface area contributed by atoms with Crippen LogP contribution in [0.4, 0.5) is 5.69 Å². The molecule has 20 heavy (non-hydrogen) atoms. The Morgan fingerprint density at radius 3 is 2.75 bits per heavy atom. The summed E-state index contributed by atoms with van der Waals surface area (Å²) in [5, 5.41) is 15.5. The van der Waals surface area contributed by atoms with E-state index >= 15 is 0 Å². The topological polar surface area (TPSA) is 144 Å². The average molecular weight is 296 g/mol. The van der Waals surface area contributed by atoms with Crippen molar-refractivity contribution in [3.05, 3.63) is 29.6 Å². The minimum Gasteiger partial charge on any atom is -0.399 e. The predicted octanol–water partition coefficient (Wildman–Crippen LogP) is -0.885. The van der Waals surface area contributed by atoms with Gasteiger partial charge in [-0.1, -0.05) is 5.21 Å². The molecule has 4 N–H and O–H groups in total. The number of nitrogens with two attached hydrogens (primary N) is 1. The largest absolute Gasteiger partial charge is 0.399 e. The lowest BCUT2D eigenvalue weighted by Crippen LogP contribution is -2.24. The smallest absolute Gasteiger partial charge is 0.251 e. The number of sulfone groups is 1. The number of hydrogen-bond donors (Lipinski definition) is 3. The number of aromatic nitrogens is 4. The van der Waals surface area contributed by atoms with Crippen LogP contribution in [0, 0.1) is 0 Å². The number of benzene rings is 1. The monoisotopic (exact) mass is 296 g/mol. The van der Waals surface area contributed by atoms with Crippen molar-refractivity contribution in [1.82, 2.24) is 25.9 Å². The van der Waals surface area contributed by atoms with E-state index in [1.165, 1.54) is 18.2 Å². The first kappa shape index (κ1) is 13.9. The van der Waals surface area contributed by atoms with Crippen LogP contribution < -0.4 is 11.1 Å². The van der Waals surface area contributed by atoms with Gasteiger partial charge in [-0.25, -0.2) is 8.42 Å². The van der Waals surface area contributed by atoms with E-state index in [-0.39, 0.29) is 22.7 Å². The number of rotatable bonds is 4. The summed E-state index contributed by atoms with van der Waals surface area (Å²) in [4.78, 5) is 11.9. The third-order valence-electron chi connectivity index (χ3n) is 2.42. The molecule has 1 heterocycles. The first-order chi connectivity index (χ1) is 9.36. The molecule has 9 nitrogen and oxygen atoms in total. The van der Waals surface area contributed by atoms with Gasteiger partial charge in [0.25, 0.3) is 5.91 Å². The predicted molar refractivity (Wildman–Crippen MR) is 69.3 cm³/mol. The second-order valence-corrected chi connectivity index (χ2v) is 6.09. The molecule has 0 aliphatic rings. The molecule has 0 radical (unpaired) electrons. The van der Waals surface area contributed by atoms with Crippen LogP contribution in [-0.4, -0.2) is 41.2 Å². The molecule has 0 spiro atoms. The Bertz CT molecular complexity index is 725. The first-order valence-electron chi connectivity index (χ1n) is 5.47. The molecule has 0 fully saturated rings. The summed E-state index contributed by atoms with van der Waals surface area (Å²) in [6.07, 6.45) is 1.04. The van der Waals surface area contributed by atoms with Gasteiger partial charge in [-0.05, 0) is 18.2 Å². The summed E-state index contributed by atoms with van der Waals surface area (Å²) in [5.74, 6) is -0.169. The van der Waals surface area contributed by atoms with Crippen molar-refractivity contribution in [2.24, 2.45) is 0 Å². The third kappa shape index (κ3) is 3.29. The Labute approximate surface area is 114 Å². The van der Waals surface area contributed by atoms with Gasteiger partial charge in [0, 0.05) is 17.5 Å². The van der Waals surface area contributed by atoms with Crippen molar-refractivity contribution in [3.63, 3.8) is 0 Å². The fraction of sp³-hybridized carbons (Fsp3) is 0.200. The summed E-state index contributed by atoms with van der Waals surface area (Å²) in [5.41, 5.74) is 5.94. The van der Waals surface area contributed by atoms with E-state index in [0.29, 0.717) is 5.82 Å². The molecule has 0 aliphatic heterocycles. The highest BCUT2D eigenvalue weighted by atomic mass is 32.2. The number of nitrogens with zero attached hydrogens (tertiary/aromatic N) is 3. The zero-order valence-corrected chi connectivity index (χ0v) is 11.3. The van der Waals surface area contributed by atoms with Crippen LogP contribution in [-0.2, 0) is 16.4 Å². The highest BCUT2D eigenvalue weighted by molar-refractivity contribution is 7.90. The number of nitrogen functional groups attached to an aromatic ring is 1. The average Bonchev–Trinajstić information content (AvgIpc) is 2.87. The normalized spacial score (nSPS) is 11.2. The quantitative estimate of drug-likeness (QED) is 0.621. The molecule has 1 aromatic carbocycles. The molecule has 2 aromatic rings. The Kier molecular flexibility index (Phi) is 3.66. The third-order valence-corrected chi connectivity index (χ3v) is 3.51. The van der Waals surface area contributed by atoms with Crippen molar-refractivity contribution >= 4 is 21.4 Å². The highest BCUT2D eigenvalue weighted by Crippen LogP contribution is 2.16. The van der Waals surface area contributed by atoms with Gasteiger partial charge in [-0.2, -0.15) is 5.21 Å². The fourth-order valence-electron chi connectivity index (χ4n) is 1.49. The second-order valence-electron chi connectivity index (χ2n) is 4.07. The maximum atomic E-state index is 11.9. The van der Waals surface area contributed by atoms with Crippen LogP contribution in [0.5, 0.6) is 0 Å². The number of carbonyl (C=O) groups is 1. The van der Waals surface area contributed by atoms with Gasteiger partial charge in [-0.15, -0.1) is 10.2 Å². The Morgan fingerprint density at radius 1 is 1.40 bits per heavy atom. The molecule has 0 bridgehead atoms. The van der Waals surface area contributed by atoms with Gasteiger partial charge in [0.05, 0.1) is 11.4 Å². The van der Waals surface area contributed by atoms with Crippen LogP contribution in [0.3, 0.4) is 0 Å². The number of anilines is 1. The number of amides is 1. The lowest BCUT2D eigenvalue weighted by molar-refractivity contribution is 0.0949. The molecule has 106 valence electrons. The van der Waals surface area contributed by atoms with Crippen molar-refractivity contribution in [3.8, 4) is 0 Å². The Morgan fingerprint density at radius 2 is 2.15 bits per heavy atom. The lowest BCUT2D eigenvalue weighted by Gasteiger charge is -2.06. The highest BCUT2D eigenvalue weighted by Gasteiger charge is 2.13. The van der Waals surface area contributed by atoms with Gasteiger partial charge in [0.2, 0.25) is 0 Å². The summed E-state index contributed by atoms with van der Waals surface area (Å²) in [6.45, 7) is 0.0678. The van der Waals surface area contributed by atoms with Gasteiger partial charge in [0.15, 0.2) is 15.7 Å². The van der Waals surface area contributed by atoms with Crippen LogP contribution in [0.25, 0.3) is 0 Å². The molecule has 0 unspecified atom stereocenters. The molecule has 10 heteroatoms. The Hall–Kier alpha value is -2.49. The number of nitrogens with one attached hydrogen (secondary N) is 2. The number of H-pyrrole nitrogens is 1. The molecule has 1 aromatic heterocycles. The van der Waals surface area contributed by atoms with Crippen LogP contribution in [0.1, 0.15) is 16.2 Å². The molecule has 0 saturated carbocycles. The molecule has 1 amide bonds. The van der Waals surface area contributed by atoms with E-state index in [1.54, 1.807) is 0 Å². The maximum Gasteiger partial charge on any atom is 0.251 e. The fourth-order valence-corrected chi connectivity index (χ4v) is 2.18. The number of aromatic amines is 1. The zero-order valence-electron chi connectivity index (χ0n) is 10.5. The van der Waals surface area contributed by atoms with Crippen LogP contribution in [0.2, 0.25) is 0 Å². The van der Waals surface area contributed by atoms with E-state index in [9.17, 15) is 13.2 Å². The van der Waals surface area contributed by atoms with E-state index in [2.05, 4.69) is 25.9 Å². The van der Waals surface area contributed by atoms with E-state index in [4.69, 9.17) is 5.73 Å². The first-order valence-corrected chi connectivity index (χ1v) is 7.36. The number of hydrogen-bond acceptors (Lipinski definition) is 7. The van der Waals surface area contributed by atoms with Crippen molar-refractivity contribution in [1.29, 1.82) is 0 Å². The van der Waals surface area contributed by atoms with Gasteiger partial charge in [0.1, 0.15) is 0 Å². The van der Waals surface area contributed by atoms with Crippen LogP contribution >= 0.6 is 0 Å². The minimum absolute atomic E-state index is 0.0118. The summed E-state index contributed by atoms with van der Waals surface area (Å²) < 4.78 is 23.0. The van der Waals surface area contributed by atoms with Gasteiger partial charge >= 0.3 is 0 Å². The molecule has 2 rings (SSSR count). The van der Waals surface area contributed by atoms with Crippen molar-refractivity contribution in [2.75, 3.05) is 12.0 Å². The summed E-state index contributed by atoms with van der Waals surface area (Å²) >= 11 is 0. The molecule has 0 aliphatic carbocycles. The molecule has 0 saturated heterocycles. The van der Waals surface area contributed by atoms with Gasteiger partial charge in [-0.3, -0.25) is 4.79 Å². The summed E-state index contributed by atoms with van der Waals surface area (Å²) in [6, 6.07) is 3.95. The van der Waals surface area contributed by atoms with E-state index in [0.717, 1.165) is 6.26 Å². The van der Waals surface area contributed by atoms with Gasteiger partial charge < -0.3 is 11.1 Å². The number of tetrazole rings is 1. The van der Waals surface area contributed by atoms with E-state index < -0.39 is 15.7 Å². The SMILES string of the molecule is CS(=O)(=O)c1cc(N)cc(C(=O)NCc2nn[nH]n2)c1. The van der Waals surface area contributed by atoms with E-state index in [1.807, 2.05) is 0 Å². The standard InChI is InChI=1S/C10H12N6O3S/c1-20(18,19)8-3-6(2-7(11)4-8)10(17)12-5-9-13-15-16-14-9/h2-4H,5,11H2,1H3,(H,12,17)(H,13,14,15,16). The zero-order chi connectivity index (χ0) is 14.8. The number of carbonyl (C=O) groups excluding carboxylic acids is 1. The Balaban J connectivity index is 2.19. The van der Waals surface area contributed by atoms with Crippen molar-refractivity contribution in [2.45, 2.75) is 11.4 Å². The molecular formula is C10H12N6O3S. The second kappa shape index (κ2) is 5.25. The maximum absolute atomic E-state index is 11.9.